The van der Waals surface area contributed by atoms with Crippen molar-refractivity contribution < 1.29 is 9.32 Å². The third kappa shape index (κ3) is 3.75. The van der Waals surface area contributed by atoms with Crippen molar-refractivity contribution in [2.24, 2.45) is 0 Å². The zero-order valence-electron chi connectivity index (χ0n) is 13.6. The third-order valence-electron chi connectivity index (χ3n) is 3.23. The largest absolute Gasteiger partial charge is 0.360 e. The van der Waals surface area contributed by atoms with Gasteiger partial charge in [0.05, 0.1) is 0 Å². The summed E-state index contributed by atoms with van der Waals surface area (Å²) in [5, 5.41) is 9.58. The van der Waals surface area contributed by atoms with E-state index in [0.717, 1.165) is 11.3 Å². The van der Waals surface area contributed by atoms with Gasteiger partial charge in [0.2, 0.25) is 5.95 Å². The molecule has 7 nitrogen and oxygen atoms in total. The maximum absolute atomic E-state index is 12.4. The second kappa shape index (κ2) is 6.49. The van der Waals surface area contributed by atoms with Crippen LogP contribution in [0.4, 0.5) is 17.5 Å². The van der Waals surface area contributed by atoms with E-state index in [2.05, 4.69) is 25.8 Å². The molecule has 1 aromatic carbocycles. The Morgan fingerprint density at radius 2 is 1.92 bits per heavy atom. The molecule has 24 heavy (non-hydrogen) atoms. The minimum absolute atomic E-state index is 0.270. The molecule has 2 aromatic heterocycles. The topological polar surface area (TPSA) is 92.9 Å². The Morgan fingerprint density at radius 1 is 1.08 bits per heavy atom. The second-order valence-corrected chi connectivity index (χ2v) is 5.49. The van der Waals surface area contributed by atoms with Crippen molar-refractivity contribution in [2.75, 3.05) is 10.6 Å². The molecular formula is C17H17N5O2. The first kappa shape index (κ1) is 15.7. The van der Waals surface area contributed by atoms with Gasteiger partial charge in [0.1, 0.15) is 11.5 Å². The lowest BCUT2D eigenvalue weighted by Gasteiger charge is -2.08. The SMILES string of the molecule is Cc1cccc(NC(=O)c2cc(C)nc(Nc3cc(C)on3)n2)c1. The van der Waals surface area contributed by atoms with Gasteiger partial charge in [-0.3, -0.25) is 4.79 Å². The number of nitrogens with one attached hydrogen (secondary N) is 2. The minimum Gasteiger partial charge on any atom is -0.360 e. The van der Waals surface area contributed by atoms with Crippen LogP contribution >= 0.6 is 0 Å². The van der Waals surface area contributed by atoms with Gasteiger partial charge >= 0.3 is 0 Å². The quantitative estimate of drug-likeness (QED) is 0.764. The van der Waals surface area contributed by atoms with E-state index in [1.54, 1.807) is 26.0 Å². The molecule has 0 aliphatic carbocycles. The van der Waals surface area contributed by atoms with Crippen LogP contribution in [0.5, 0.6) is 0 Å². The summed E-state index contributed by atoms with van der Waals surface area (Å²) >= 11 is 0. The van der Waals surface area contributed by atoms with Gasteiger partial charge < -0.3 is 15.2 Å². The molecule has 2 heterocycles. The van der Waals surface area contributed by atoms with Crippen LogP contribution in [-0.2, 0) is 0 Å². The van der Waals surface area contributed by atoms with E-state index < -0.39 is 0 Å². The number of carbonyl (C=O) groups excluding carboxylic acids is 1. The van der Waals surface area contributed by atoms with Crippen molar-refractivity contribution >= 4 is 23.4 Å². The molecule has 7 heteroatoms. The summed E-state index contributed by atoms with van der Waals surface area (Å²) < 4.78 is 4.99. The summed E-state index contributed by atoms with van der Waals surface area (Å²) in [7, 11) is 0. The van der Waals surface area contributed by atoms with Crippen LogP contribution in [0.1, 0.15) is 27.5 Å². The number of rotatable bonds is 4. The highest BCUT2D eigenvalue weighted by atomic mass is 16.5. The van der Waals surface area contributed by atoms with Gasteiger partial charge in [-0.25, -0.2) is 9.97 Å². The number of amides is 1. The van der Waals surface area contributed by atoms with Crippen molar-refractivity contribution in [1.29, 1.82) is 0 Å². The number of anilines is 3. The average Bonchev–Trinajstić information content (AvgIpc) is 2.91. The summed E-state index contributed by atoms with van der Waals surface area (Å²) in [5.74, 6) is 1.15. The fourth-order valence-corrected chi connectivity index (χ4v) is 2.20. The fourth-order valence-electron chi connectivity index (χ4n) is 2.20. The van der Waals surface area contributed by atoms with Crippen molar-refractivity contribution in [3.8, 4) is 0 Å². The predicted molar refractivity (Wildman–Crippen MR) is 90.4 cm³/mol. The molecule has 0 aliphatic rings. The normalized spacial score (nSPS) is 10.5. The van der Waals surface area contributed by atoms with Crippen LogP contribution < -0.4 is 10.6 Å². The van der Waals surface area contributed by atoms with Gasteiger partial charge in [-0.2, -0.15) is 0 Å². The Morgan fingerprint density at radius 3 is 2.62 bits per heavy atom. The van der Waals surface area contributed by atoms with Crippen molar-refractivity contribution in [3.63, 3.8) is 0 Å². The van der Waals surface area contributed by atoms with Gasteiger partial charge in [0, 0.05) is 17.4 Å². The average molecular weight is 323 g/mol. The molecule has 2 N–H and O–H groups in total. The Kier molecular flexibility index (Phi) is 4.24. The highest BCUT2D eigenvalue weighted by Gasteiger charge is 2.12. The number of aromatic nitrogens is 3. The third-order valence-corrected chi connectivity index (χ3v) is 3.23. The van der Waals surface area contributed by atoms with Gasteiger partial charge in [-0.1, -0.05) is 17.3 Å². The number of hydrogen-bond acceptors (Lipinski definition) is 6. The monoisotopic (exact) mass is 323 g/mol. The van der Waals surface area contributed by atoms with E-state index in [1.807, 2.05) is 31.2 Å². The number of carbonyl (C=O) groups is 1. The molecule has 122 valence electrons. The van der Waals surface area contributed by atoms with E-state index in [0.29, 0.717) is 17.3 Å². The summed E-state index contributed by atoms with van der Waals surface area (Å²) in [5.41, 5.74) is 2.72. The van der Waals surface area contributed by atoms with Crippen LogP contribution in [-0.4, -0.2) is 21.0 Å². The van der Waals surface area contributed by atoms with Crippen LogP contribution in [0.3, 0.4) is 0 Å². The number of hydrogen-bond donors (Lipinski definition) is 2. The van der Waals surface area contributed by atoms with E-state index in [4.69, 9.17) is 4.52 Å². The molecule has 0 aliphatic heterocycles. The number of benzene rings is 1. The molecule has 0 atom stereocenters. The standard InChI is InChI=1S/C17H17N5O2/c1-10-5-4-6-13(7-10)19-16(23)14-8-11(2)18-17(20-14)21-15-9-12(3)24-22-15/h4-9H,1-3H3,(H,19,23)(H,18,20,21,22). The molecule has 0 unspecified atom stereocenters. The number of nitrogens with zero attached hydrogens (tertiary/aromatic N) is 3. The molecule has 0 radical (unpaired) electrons. The van der Waals surface area contributed by atoms with Gasteiger partial charge in [-0.15, -0.1) is 0 Å². The summed E-state index contributed by atoms with van der Waals surface area (Å²) in [6, 6.07) is 10.9. The highest BCUT2D eigenvalue weighted by molar-refractivity contribution is 6.03. The maximum atomic E-state index is 12.4. The Bertz CT molecular complexity index is 888. The molecule has 0 bridgehead atoms. The molecule has 0 saturated carbocycles. The molecular weight excluding hydrogens is 306 g/mol. The zero-order valence-corrected chi connectivity index (χ0v) is 13.6. The zero-order chi connectivity index (χ0) is 17.1. The van der Waals surface area contributed by atoms with Crippen LogP contribution in [0.2, 0.25) is 0 Å². The van der Waals surface area contributed by atoms with E-state index in [1.165, 1.54) is 0 Å². The van der Waals surface area contributed by atoms with Crippen molar-refractivity contribution in [1.82, 2.24) is 15.1 Å². The second-order valence-electron chi connectivity index (χ2n) is 5.49. The first-order valence-corrected chi connectivity index (χ1v) is 7.43. The van der Waals surface area contributed by atoms with Crippen molar-refractivity contribution in [3.05, 3.63) is 59.1 Å². The number of aryl methyl sites for hydroxylation is 3. The maximum Gasteiger partial charge on any atom is 0.274 e. The molecule has 1 amide bonds. The van der Waals surface area contributed by atoms with E-state index in [9.17, 15) is 4.79 Å². The van der Waals surface area contributed by atoms with Gasteiger partial charge in [0.15, 0.2) is 5.82 Å². The molecule has 3 aromatic rings. The minimum atomic E-state index is -0.300. The first-order valence-electron chi connectivity index (χ1n) is 7.43. The van der Waals surface area contributed by atoms with Crippen molar-refractivity contribution in [2.45, 2.75) is 20.8 Å². The Balaban J connectivity index is 1.81. The first-order chi connectivity index (χ1) is 11.5. The molecule has 0 fully saturated rings. The molecule has 0 saturated heterocycles. The van der Waals surface area contributed by atoms with Crippen LogP contribution in [0.25, 0.3) is 0 Å². The lowest BCUT2D eigenvalue weighted by atomic mass is 10.2. The smallest absolute Gasteiger partial charge is 0.274 e. The van der Waals surface area contributed by atoms with E-state index >= 15 is 0 Å². The predicted octanol–water partition coefficient (Wildman–Crippen LogP) is 3.39. The summed E-state index contributed by atoms with van der Waals surface area (Å²) in [6.07, 6.45) is 0. The highest BCUT2D eigenvalue weighted by Crippen LogP contribution is 2.15. The molecule has 3 rings (SSSR count). The Labute approximate surface area is 139 Å². The van der Waals surface area contributed by atoms with E-state index in [-0.39, 0.29) is 17.5 Å². The Hall–Kier alpha value is -3.22. The fraction of sp³-hybridized carbons (Fsp3) is 0.176. The van der Waals surface area contributed by atoms with Crippen LogP contribution in [0.15, 0.2) is 40.9 Å². The lowest BCUT2D eigenvalue weighted by molar-refractivity contribution is 0.102. The van der Waals surface area contributed by atoms with Crippen LogP contribution in [0, 0.1) is 20.8 Å². The molecule has 0 spiro atoms. The lowest BCUT2D eigenvalue weighted by Crippen LogP contribution is -2.15. The van der Waals surface area contributed by atoms with Gasteiger partial charge in [0.25, 0.3) is 5.91 Å². The summed E-state index contributed by atoms with van der Waals surface area (Å²) in [4.78, 5) is 20.9. The van der Waals surface area contributed by atoms with Gasteiger partial charge in [-0.05, 0) is 44.5 Å². The summed E-state index contributed by atoms with van der Waals surface area (Å²) in [6.45, 7) is 5.55.